The molecule has 1 spiro atoms. The van der Waals surface area contributed by atoms with Crippen molar-refractivity contribution in [2.45, 2.75) is 44.0 Å². The third kappa shape index (κ3) is 1.23. The molecule has 0 aromatic rings. The lowest BCUT2D eigenvalue weighted by molar-refractivity contribution is -0.363. The predicted octanol–water partition coefficient (Wildman–Crippen LogP) is 2.10. The lowest BCUT2D eigenvalue weighted by Crippen LogP contribution is -2.70. The van der Waals surface area contributed by atoms with Gasteiger partial charge in [-0.25, -0.2) is 0 Å². The van der Waals surface area contributed by atoms with Gasteiger partial charge in [0.2, 0.25) is 5.79 Å². The molecular formula is C14H22O3. The Labute approximate surface area is 103 Å². The predicted molar refractivity (Wildman–Crippen MR) is 64.4 cm³/mol. The fourth-order valence-corrected chi connectivity index (χ4v) is 4.66. The number of fused-ring (bicyclic) bond motifs is 2. The van der Waals surface area contributed by atoms with Crippen LogP contribution in [0.2, 0.25) is 0 Å². The number of aliphatic hydroxyl groups excluding tert-OH is 1. The highest BCUT2D eigenvalue weighted by molar-refractivity contribution is 5.22. The van der Waals surface area contributed by atoms with Crippen LogP contribution in [0.15, 0.2) is 12.2 Å². The average Bonchev–Trinajstić information content (AvgIpc) is 2.39. The minimum Gasteiger partial charge on any atom is -0.387 e. The molecule has 4 aliphatic rings. The number of methoxy groups -OCH3 is 2. The number of hydrogen-bond donors (Lipinski definition) is 1. The monoisotopic (exact) mass is 238 g/mol. The van der Waals surface area contributed by atoms with Gasteiger partial charge in [0.1, 0.15) is 6.10 Å². The van der Waals surface area contributed by atoms with Crippen molar-refractivity contribution in [3.8, 4) is 0 Å². The zero-order chi connectivity index (χ0) is 12.1. The zero-order valence-electron chi connectivity index (χ0n) is 10.7. The first-order valence-corrected chi connectivity index (χ1v) is 6.66. The van der Waals surface area contributed by atoms with Crippen molar-refractivity contribution in [3.63, 3.8) is 0 Å². The summed E-state index contributed by atoms with van der Waals surface area (Å²) in [6.07, 6.45) is 9.67. The SMILES string of the molecule is COC1(OC)[C@H](O)[C@H]2CC[C@@]13C=CCCC3C2. The van der Waals surface area contributed by atoms with Gasteiger partial charge in [0.05, 0.1) is 0 Å². The summed E-state index contributed by atoms with van der Waals surface area (Å²) in [4.78, 5) is 0. The number of ether oxygens (including phenoxy) is 2. The van der Waals surface area contributed by atoms with Crippen LogP contribution in [0, 0.1) is 17.3 Å². The summed E-state index contributed by atoms with van der Waals surface area (Å²) in [5.74, 6) is 0.123. The maximum absolute atomic E-state index is 10.6. The quantitative estimate of drug-likeness (QED) is 0.591. The molecule has 3 fully saturated rings. The topological polar surface area (TPSA) is 38.7 Å². The molecule has 0 radical (unpaired) electrons. The molecule has 0 aromatic heterocycles. The van der Waals surface area contributed by atoms with Gasteiger partial charge in [-0.15, -0.1) is 0 Å². The molecule has 3 heteroatoms. The summed E-state index contributed by atoms with van der Waals surface area (Å²) in [5, 5.41) is 10.6. The maximum Gasteiger partial charge on any atom is 0.203 e. The molecule has 4 aliphatic carbocycles. The van der Waals surface area contributed by atoms with E-state index in [1.165, 1.54) is 6.42 Å². The molecule has 1 unspecified atom stereocenters. The molecule has 4 atom stereocenters. The smallest absolute Gasteiger partial charge is 0.203 e. The third-order valence-corrected chi connectivity index (χ3v) is 5.43. The molecule has 0 amide bonds. The number of aliphatic hydroxyl groups is 1. The Morgan fingerprint density at radius 3 is 2.71 bits per heavy atom. The molecule has 4 rings (SSSR count). The van der Waals surface area contributed by atoms with Crippen molar-refractivity contribution >= 4 is 0 Å². The first kappa shape index (κ1) is 11.7. The summed E-state index contributed by atoms with van der Waals surface area (Å²) < 4.78 is 11.4. The first-order chi connectivity index (χ1) is 8.20. The van der Waals surface area contributed by atoms with Crippen molar-refractivity contribution in [2.75, 3.05) is 14.2 Å². The van der Waals surface area contributed by atoms with Crippen molar-refractivity contribution < 1.29 is 14.6 Å². The number of rotatable bonds is 2. The molecule has 2 bridgehead atoms. The van der Waals surface area contributed by atoms with E-state index >= 15 is 0 Å². The summed E-state index contributed by atoms with van der Waals surface area (Å²) in [6.45, 7) is 0. The Morgan fingerprint density at radius 1 is 1.24 bits per heavy atom. The van der Waals surface area contributed by atoms with E-state index in [-0.39, 0.29) is 5.41 Å². The van der Waals surface area contributed by atoms with E-state index in [4.69, 9.17) is 9.47 Å². The van der Waals surface area contributed by atoms with Gasteiger partial charge in [0.15, 0.2) is 0 Å². The Balaban J connectivity index is 2.12. The van der Waals surface area contributed by atoms with Gasteiger partial charge in [-0.05, 0) is 43.9 Å². The lowest BCUT2D eigenvalue weighted by atomic mass is 9.48. The van der Waals surface area contributed by atoms with Gasteiger partial charge in [0, 0.05) is 19.6 Å². The zero-order valence-corrected chi connectivity index (χ0v) is 10.7. The highest BCUT2D eigenvalue weighted by Crippen LogP contribution is 2.63. The van der Waals surface area contributed by atoms with Gasteiger partial charge >= 0.3 is 0 Å². The van der Waals surface area contributed by atoms with E-state index in [0.717, 1.165) is 25.7 Å². The standard InChI is InChI=1S/C14H22O3/c1-16-14(17-2)12(15)10-6-8-13(14)7-4-3-5-11(13)9-10/h4,7,10-12,15H,3,5-6,8-9H2,1-2H3/t10-,11?,12+,13+/m0/s1. The normalized spacial score (nSPS) is 46.9. The van der Waals surface area contributed by atoms with Gasteiger partial charge in [-0.1, -0.05) is 12.2 Å². The molecule has 17 heavy (non-hydrogen) atoms. The second-order valence-corrected chi connectivity index (χ2v) is 5.77. The molecular weight excluding hydrogens is 216 g/mol. The molecule has 0 aromatic carbocycles. The Bertz CT molecular complexity index is 334. The van der Waals surface area contributed by atoms with Crippen molar-refractivity contribution in [1.82, 2.24) is 0 Å². The van der Waals surface area contributed by atoms with E-state index in [0.29, 0.717) is 11.8 Å². The maximum atomic E-state index is 10.6. The highest BCUT2D eigenvalue weighted by atomic mass is 16.7. The molecule has 3 saturated carbocycles. The van der Waals surface area contributed by atoms with Crippen LogP contribution in [-0.4, -0.2) is 31.2 Å². The van der Waals surface area contributed by atoms with Crippen LogP contribution in [0.25, 0.3) is 0 Å². The van der Waals surface area contributed by atoms with E-state index in [1.807, 2.05) is 0 Å². The van der Waals surface area contributed by atoms with Crippen molar-refractivity contribution in [1.29, 1.82) is 0 Å². The number of allylic oxidation sites excluding steroid dienone is 1. The van der Waals surface area contributed by atoms with Gasteiger partial charge in [0.25, 0.3) is 0 Å². The van der Waals surface area contributed by atoms with Gasteiger partial charge in [-0.3, -0.25) is 0 Å². The lowest BCUT2D eigenvalue weighted by Gasteiger charge is -2.63. The third-order valence-electron chi connectivity index (χ3n) is 5.43. The van der Waals surface area contributed by atoms with E-state index in [9.17, 15) is 5.11 Å². The van der Waals surface area contributed by atoms with Crippen LogP contribution in [0.4, 0.5) is 0 Å². The minimum atomic E-state index is -0.824. The van der Waals surface area contributed by atoms with E-state index in [1.54, 1.807) is 14.2 Å². The largest absolute Gasteiger partial charge is 0.387 e. The first-order valence-electron chi connectivity index (χ1n) is 6.66. The van der Waals surface area contributed by atoms with Crippen LogP contribution in [-0.2, 0) is 9.47 Å². The fraction of sp³-hybridized carbons (Fsp3) is 0.857. The minimum absolute atomic E-state index is 0.108. The molecule has 96 valence electrons. The van der Waals surface area contributed by atoms with Crippen LogP contribution in [0.1, 0.15) is 32.1 Å². The summed E-state index contributed by atoms with van der Waals surface area (Å²) in [6, 6.07) is 0. The van der Waals surface area contributed by atoms with Crippen LogP contribution in [0.5, 0.6) is 0 Å². The molecule has 3 nitrogen and oxygen atoms in total. The van der Waals surface area contributed by atoms with E-state index < -0.39 is 11.9 Å². The van der Waals surface area contributed by atoms with Gasteiger partial charge < -0.3 is 14.6 Å². The van der Waals surface area contributed by atoms with Crippen molar-refractivity contribution in [3.05, 3.63) is 12.2 Å². The molecule has 0 aliphatic heterocycles. The highest BCUT2D eigenvalue weighted by Gasteiger charge is 2.67. The second-order valence-electron chi connectivity index (χ2n) is 5.77. The average molecular weight is 238 g/mol. The summed E-state index contributed by atoms with van der Waals surface area (Å²) in [5.41, 5.74) is -0.108. The molecule has 1 N–H and O–H groups in total. The van der Waals surface area contributed by atoms with Gasteiger partial charge in [-0.2, -0.15) is 0 Å². The molecule has 0 saturated heterocycles. The summed E-state index contributed by atoms with van der Waals surface area (Å²) in [7, 11) is 3.34. The van der Waals surface area contributed by atoms with Crippen LogP contribution in [0.3, 0.4) is 0 Å². The fourth-order valence-electron chi connectivity index (χ4n) is 4.66. The molecule has 0 heterocycles. The van der Waals surface area contributed by atoms with Crippen LogP contribution < -0.4 is 0 Å². The number of hydrogen-bond acceptors (Lipinski definition) is 3. The van der Waals surface area contributed by atoms with Crippen molar-refractivity contribution in [2.24, 2.45) is 17.3 Å². The Hall–Kier alpha value is -0.380. The van der Waals surface area contributed by atoms with Crippen LogP contribution >= 0.6 is 0 Å². The second kappa shape index (κ2) is 3.81. The Morgan fingerprint density at radius 2 is 2.00 bits per heavy atom. The Kier molecular flexibility index (Phi) is 2.62. The van der Waals surface area contributed by atoms with E-state index in [2.05, 4.69) is 12.2 Å². The summed E-state index contributed by atoms with van der Waals surface area (Å²) >= 11 is 0.